The van der Waals surface area contributed by atoms with Crippen LogP contribution in [0.5, 0.6) is 0 Å². The smallest absolute Gasteiger partial charge is 0.100 e. The Hall–Kier alpha value is -0.160. The van der Waals surface area contributed by atoms with Crippen molar-refractivity contribution in [3.63, 3.8) is 0 Å². The monoisotopic (exact) mass is 191 g/mol. The standard InChI is InChI=1S/C9H21NO3/c1-2-3-4-8(10)6-13-7-9(12)5-11/h8-9,11-12H,2-7,10H2,1H3. The van der Waals surface area contributed by atoms with Gasteiger partial charge in [0.1, 0.15) is 6.10 Å². The Morgan fingerprint density at radius 3 is 2.62 bits per heavy atom. The summed E-state index contributed by atoms with van der Waals surface area (Å²) < 4.78 is 5.11. The van der Waals surface area contributed by atoms with Crippen LogP contribution in [0.3, 0.4) is 0 Å². The summed E-state index contributed by atoms with van der Waals surface area (Å²) in [7, 11) is 0. The summed E-state index contributed by atoms with van der Waals surface area (Å²) >= 11 is 0. The number of aliphatic hydroxyl groups excluding tert-OH is 2. The van der Waals surface area contributed by atoms with Crippen molar-refractivity contribution < 1.29 is 14.9 Å². The molecule has 0 aliphatic heterocycles. The van der Waals surface area contributed by atoms with Crippen LogP contribution in [0.1, 0.15) is 26.2 Å². The number of hydrogen-bond acceptors (Lipinski definition) is 4. The molecule has 0 saturated carbocycles. The molecule has 0 aliphatic rings. The van der Waals surface area contributed by atoms with E-state index in [-0.39, 0.29) is 19.3 Å². The second kappa shape index (κ2) is 8.44. The number of aliphatic hydroxyl groups is 2. The average molecular weight is 191 g/mol. The third-order valence-corrected chi connectivity index (χ3v) is 1.78. The van der Waals surface area contributed by atoms with Gasteiger partial charge in [-0.3, -0.25) is 0 Å². The van der Waals surface area contributed by atoms with Gasteiger partial charge >= 0.3 is 0 Å². The van der Waals surface area contributed by atoms with Gasteiger partial charge in [-0.05, 0) is 6.42 Å². The summed E-state index contributed by atoms with van der Waals surface area (Å²) in [6, 6.07) is 0.0471. The molecule has 0 aromatic rings. The minimum absolute atomic E-state index is 0.0471. The van der Waals surface area contributed by atoms with E-state index in [9.17, 15) is 0 Å². The number of rotatable bonds is 8. The largest absolute Gasteiger partial charge is 0.394 e. The fraction of sp³-hybridized carbons (Fsp3) is 1.00. The normalized spacial score (nSPS) is 15.7. The highest BCUT2D eigenvalue weighted by Gasteiger charge is 2.05. The Bertz CT molecular complexity index is 111. The van der Waals surface area contributed by atoms with Crippen molar-refractivity contribution in [3.05, 3.63) is 0 Å². The Labute approximate surface area is 79.7 Å². The van der Waals surface area contributed by atoms with E-state index in [0.29, 0.717) is 6.61 Å². The lowest BCUT2D eigenvalue weighted by Crippen LogP contribution is -2.29. The number of nitrogens with two attached hydrogens (primary N) is 1. The topological polar surface area (TPSA) is 75.7 Å². The highest BCUT2D eigenvalue weighted by Crippen LogP contribution is 1.98. The number of unbranched alkanes of at least 4 members (excludes halogenated alkanes) is 1. The quantitative estimate of drug-likeness (QED) is 0.499. The second-order valence-corrected chi connectivity index (χ2v) is 3.28. The molecule has 0 bridgehead atoms. The maximum atomic E-state index is 8.93. The Morgan fingerprint density at radius 1 is 1.38 bits per heavy atom. The molecule has 0 amide bonds. The van der Waals surface area contributed by atoms with Crippen LogP contribution in [0.2, 0.25) is 0 Å². The van der Waals surface area contributed by atoms with E-state index in [1.54, 1.807) is 0 Å². The number of ether oxygens (including phenoxy) is 1. The first-order chi connectivity index (χ1) is 6.20. The lowest BCUT2D eigenvalue weighted by atomic mass is 10.1. The fourth-order valence-corrected chi connectivity index (χ4v) is 0.958. The molecule has 0 fully saturated rings. The zero-order valence-electron chi connectivity index (χ0n) is 8.28. The van der Waals surface area contributed by atoms with Gasteiger partial charge in [-0.15, -0.1) is 0 Å². The van der Waals surface area contributed by atoms with Crippen LogP contribution in [0.4, 0.5) is 0 Å². The molecule has 4 heteroatoms. The van der Waals surface area contributed by atoms with Gasteiger partial charge in [0.2, 0.25) is 0 Å². The van der Waals surface area contributed by atoms with Crippen LogP contribution in [0, 0.1) is 0 Å². The molecule has 4 nitrogen and oxygen atoms in total. The predicted molar refractivity (Wildman–Crippen MR) is 51.4 cm³/mol. The van der Waals surface area contributed by atoms with Gasteiger partial charge < -0.3 is 20.7 Å². The Balaban J connectivity index is 3.21. The molecule has 2 atom stereocenters. The van der Waals surface area contributed by atoms with Crippen molar-refractivity contribution in [2.24, 2.45) is 5.73 Å². The van der Waals surface area contributed by atoms with Gasteiger partial charge in [-0.2, -0.15) is 0 Å². The minimum atomic E-state index is -0.779. The first-order valence-corrected chi connectivity index (χ1v) is 4.83. The second-order valence-electron chi connectivity index (χ2n) is 3.28. The molecule has 0 saturated heterocycles. The van der Waals surface area contributed by atoms with Crippen molar-refractivity contribution in [3.8, 4) is 0 Å². The van der Waals surface area contributed by atoms with Crippen molar-refractivity contribution >= 4 is 0 Å². The van der Waals surface area contributed by atoms with Crippen molar-refractivity contribution in [1.82, 2.24) is 0 Å². The van der Waals surface area contributed by atoms with E-state index >= 15 is 0 Å². The van der Waals surface area contributed by atoms with Crippen LogP contribution < -0.4 is 5.73 Å². The molecule has 0 rings (SSSR count). The van der Waals surface area contributed by atoms with E-state index in [2.05, 4.69) is 6.92 Å². The third kappa shape index (κ3) is 8.18. The van der Waals surface area contributed by atoms with E-state index in [4.69, 9.17) is 20.7 Å². The molecule has 0 spiro atoms. The lowest BCUT2D eigenvalue weighted by Gasteiger charge is -2.13. The van der Waals surface area contributed by atoms with Gasteiger partial charge in [0, 0.05) is 6.04 Å². The van der Waals surface area contributed by atoms with Gasteiger partial charge in [0.15, 0.2) is 0 Å². The van der Waals surface area contributed by atoms with Gasteiger partial charge in [0.25, 0.3) is 0 Å². The van der Waals surface area contributed by atoms with Gasteiger partial charge in [0.05, 0.1) is 19.8 Å². The summed E-state index contributed by atoms with van der Waals surface area (Å²) in [5.41, 5.74) is 5.72. The van der Waals surface area contributed by atoms with Crippen LogP contribution in [-0.2, 0) is 4.74 Å². The summed E-state index contributed by atoms with van der Waals surface area (Å²) in [6.07, 6.45) is 2.41. The van der Waals surface area contributed by atoms with Crippen LogP contribution >= 0.6 is 0 Å². The van der Waals surface area contributed by atoms with Crippen molar-refractivity contribution in [2.75, 3.05) is 19.8 Å². The van der Waals surface area contributed by atoms with Gasteiger partial charge in [-0.25, -0.2) is 0 Å². The van der Waals surface area contributed by atoms with Crippen LogP contribution in [-0.4, -0.2) is 42.2 Å². The predicted octanol–water partition coefficient (Wildman–Crippen LogP) is -0.126. The molecule has 0 heterocycles. The summed E-state index contributed by atoms with van der Waals surface area (Å²) in [5.74, 6) is 0. The van der Waals surface area contributed by atoms with Crippen molar-refractivity contribution in [2.45, 2.75) is 38.3 Å². The minimum Gasteiger partial charge on any atom is -0.394 e. The Morgan fingerprint density at radius 2 is 2.08 bits per heavy atom. The molecule has 0 aliphatic carbocycles. The number of hydrogen-bond donors (Lipinski definition) is 3. The van der Waals surface area contributed by atoms with E-state index in [0.717, 1.165) is 19.3 Å². The molecule has 13 heavy (non-hydrogen) atoms. The summed E-state index contributed by atoms with van der Waals surface area (Å²) in [6.45, 7) is 2.47. The van der Waals surface area contributed by atoms with Crippen LogP contribution in [0.15, 0.2) is 0 Å². The van der Waals surface area contributed by atoms with E-state index < -0.39 is 6.10 Å². The molecular weight excluding hydrogens is 170 g/mol. The zero-order valence-corrected chi connectivity index (χ0v) is 8.28. The van der Waals surface area contributed by atoms with Crippen LogP contribution in [0.25, 0.3) is 0 Å². The Kier molecular flexibility index (Phi) is 8.33. The highest BCUT2D eigenvalue weighted by atomic mass is 16.5. The molecule has 4 N–H and O–H groups in total. The SMILES string of the molecule is CCCCC(N)COCC(O)CO. The highest BCUT2D eigenvalue weighted by molar-refractivity contribution is 4.60. The molecule has 0 aromatic heterocycles. The maximum absolute atomic E-state index is 8.93. The first-order valence-electron chi connectivity index (χ1n) is 4.83. The maximum Gasteiger partial charge on any atom is 0.100 e. The third-order valence-electron chi connectivity index (χ3n) is 1.78. The summed E-state index contributed by atoms with van der Waals surface area (Å²) in [5, 5.41) is 17.4. The lowest BCUT2D eigenvalue weighted by molar-refractivity contribution is 0.00192. The van der Waals surface area contributed by atoms with E-state index in [1.165, 1.54) is 0 Å². The molecular formula is C9H21NO3. The van der Waals surface area contributed by atoms with Gasteiger partial charge in [-0.1, -0.05) is 19.8 Å². The zero-order chi connectivity index (χ0) is 10.1. The summed E-state index contributed by atoms with van der Waals surface area (Å²) in [4.78, 5) is 0. The molecule has 80 valence electrons. The molecule has 0 radical (unpaired) electrons. The molecule has 0 aromatic carbocycles. The van der Waals surface area contributed by atoms with E-state index in [1.807, 2.05) is 0 Å². The molecule has 2 unspecified atom stereocenters. The first kappa shape index (κ1) is 12.8. The average Bonchev–Trinajstić information content (AvgIpc) is 2.14. The van der Waals surface area contributed by atoms with Crippen molar-refractivity contribution in [1.29, 1.82) is 0 Å². The fourth-order valence-electron chi connectivity index (χ4n) is 0.958.